The van der Waals surface area contributed by atoms with Gasteiger partial charge in [0, 0.05) is 18.2 Å². The standard InChI is InChI=1S/C14H16F3N3O3/c15-14(16,17)8-19(7-9-2-1-3-9)13(21)10-4-5-11(18)12(6-10)20(22)23/h4-6,9H,1-3,7-8,18H2. The van der Waals surface area contributed by atoms with E-state index in [-0.39, 0.29) is 23.7 Å². The van der Waals surface area contributed by atoms with Crippen LogP contribution in [0.5, 0.6) is 0 Å². The summed E-state index contributed by atoms with van der Waals surface area (Å²) in [6.07, 6.45) is -2.03. The number of carbonyl (C=O) groups is 1. The molecule has 1 saturated carbocycles. The molecule has 1 aromatic carbocycles. The Morgan fingerprint density at radius 2 is 2.04 bits per heavy atom. The predicted molar refractivity (Wildman–Crippen MR) is 76.8 cm³/mol. The Balaban J connectivity index is 2.24. The van der Waals surface area contributed by atoms with Crippen LogP contribution in [0.3, 0.4) is 0 Å². The number of alkyl halides is 3. The highest BCUT2D eigenvalue weighted by Gasteiger charge is 2.35. The molecule has 0 atom stereocenters. The molecule has 1 fully saturated rings. The quantitative estimate of drug-likeness (QED) is 0.510. The molecule has 0 spiro atoms. The molecule has 0 aliphatic heterocycles. The number of nitrogens with two attached hydrogens (primary N) is 1. The first kappa shape index (κ1) is 17.0. The van der Waals surface area contributed by atoms with Gasteiger partial charge in [0.1, 0.15) is 12.2 Å². The van der Waals surface area contributed by atoms with Gasteiger partial charge in [-0.2, -0.15) is 13.2 Å². The van der Waals surface area contributed by atoms with Crippen molar-refractivity contribution in [3.8, 4) is 0 Å². The van der Waals surface area contributed by atoms with Crippen molar-refractivity contribution in [1.29, 1.82) is 0 Å². The van der Waals surface area contributed by atoms with E-state index in [4.69, 9.17) is 5.73 Å². The maximum atomic E-state index is 12.7. The minimum Gasteiger partial charge on any atom is -0.393 e. The number of halogens is 3. The maximum absolute atomic E-state index is 12.7. The molecule has 1 aliphatic carbocycles. The van der Waals surface area contributed by atoms with E-state index in [1.165, 1.54) is 6.07 Å². The number of hydrogen-bond donors (Lipinski definition) is 1. The zero-order chi connectivity index (χ0) is 17.2. The van der Waals surface area contributed by atoms with Gasteiger partial charge in [0.2, 0.25) is 0 Å². The molecule has 6 nitrogen and oxygen atoms in total. The lowest BCUT2D eigenvalue weighted by Crippen LogP contribution is -2.43. The Morgan fingerprint density at radius 1 is 1.39 bits per heavy atom. The van der Waals surface area contributed by atoms with Gasteiger partial charge < -0.3 is 10.6 Å². The first-order valence-corrected chi connectivity index (χ1v) is 7.07. The van der Waals surface area contributed by atoms with Crippen molar-refractivity contribution in [3.63, 3.8) is 0 Å². The number of hydrogen-bond acceptors (Lipinski definition) is 4. The van der Waals surface area contributed by atoms with Crippen LogP contribution in [0, 0.1) is 16.0 Å². The number of benzene rings is 1. The average Bonchev–Trinajstić information content (AvgIpc) is 2.39. The van der Waals surface area contributed by atoms with Crippen molar-refractivity contribution in [1.82, 2.24) is 4.90 Å². The summed E-state index contributed by atoms with van der Waals surface area (Å²) in [7, 11) is 0. The number of nitrogens with zero attached hydrogens (tertiary/aromatic N) is 2. The van der Waals surface area contributed by atoms with Gasteiger partial charge in [0.05, 0.1) is 4.92 Å². The first-order valence-electron chi connectivity index (χ1n) is 7.07. The number of nitro benzene ring substituents is 1. The molecule has 2 N–H and O–H groups in total. The van der Waals surface area contributed by atoms with Gasteiger partial charge in [-0.3, -0.25) is 14.9 Å². The highest BCUT2D eigenvalue weighted by molar-refractivity contribution is 5.95. The molecule has 1 aliphatic rings. The summed E-state index contributed by atoms with van der Waals surface area (Å²) in [4.78, 5) is 23.1. The van der Waals surface area contributed by atoms with Crippen molar-refractivity contribution < 1.29 is 22.9 Å². The molecule has 2 rings (SSSR count). The van der Waals surface area contributed by atoms with Crippen molar-refractivity contribution in [2.75, 3.05) is 18.8 Å². The summed E-state index contributed by atoms with van der Waals surface area (Å²) in [6.45, 7) is -1.38. The van der Waals surface area contributed by atoms with Gasteiger partial charge >= 0.3 is 6.18 Å². The van der Waals surface area contributed by atoms with Crippen molar-refractivity contribution >= 4 is 17.3 Å². The molecule has 9 heteroatoms. The molecular formula is C14H16F3N3O3. The largest absolute Gasteiger partial charge is 0.406 e. The van der Waals surface area contributed by atoms with Gasteiger partial charge in [-0.05, 0) is 30.9 Å². The van der Waals surface area contributed by atoms with Crippen molar-refractivity contribution in [3.05, 3.63) is 33.9 Å². The van der Waals surface area contributed by atoms with E-state index in [1.54, 1.807) is 0 Å². The SMILES string of the molecule is Nc1ccc(C(=O)N(CC2CCC2)CC(F)(F)F)cc1[N+](=O)[O-]. The van der Waals surface area contributed by atoms with Crippen LogP contribution in [0.2, 0.25) is 0 Å². The molecule has 0 aromatic heterocycles. The third-order valence-corrected chi connectivity index (χ3v) is 3.83. The van der Waals surface area contributed by atoms with Crippen LogP contribution in [0.4, 0.5) is 24.5 Å². The Bertz CT molecular complexity index is 615. The lowest BCUT2D eigenvalue weighted by atomic mass is 9.85. The van der Waals surface area contributed by atoms with E-state index in [2.05, 4.69) is 0 Å². The molecule has 0 saturated heterocycles. The van der Waals surface area contributed by atoms with E-state index in [0.29, 0.717) is 4.90 Å². The highest BCUT2D eigenvalue weighted by Crippen LogP contribution is 2.30. The lowest BCUT2D eigenvalue weighted by molar-refractivity contribution is -0.383. The summed E-state index contributed by atoms with van der Waals surface area (Å²) < 4.78 is 38.1. The van der Waals surface area contributed by atoms with E-state index in [0.717, 1.165) is 31.4 Å². The van der Waals surface area contributed by atoms with E-state index < -0.39 is 29.2 Å². The normalized spacial score (nSPS) is 15.1. The Kier molecular flexibility index (Phi) is 4.76. The number of nitro groups is 1. The molecule has 23 heavy (non-hydrogen) atoms. The van der Waals surface area contributed by atoms with Crippen LogP contribution < -0.4 is 5.73 Å². The monoisotopic (exact) mass is 331 g/mol. The molecule has 126 valence electrons. The summed E-state index contributed by atoms with van der Waals surface area (Å²) >= 11 is 0. The fraction of sp³-hybridized carbons (Fsp3) is 0.500. The third kappa shape index (κ3) is 4.33. The third-order valence-electron chi connectivity index (χ3n) is 3.83. The number of rotatable bonds is 5. The van der Waals surface area contributed by atoms with Gasteiger partial charge in [-0.25, -0.2) is 0 Å². The molecule has 1 aromatic rings. The minimum absolute atomic E-state index is 0.00345. The van der Waals surface area contributed by atoms with Gasteiger partial charge in [0.15, 0.2) is 0 Å². The summed E-state index contributed by atoms with van der Waals surface area (Å²) in [5, 5.41) is 10.8. The highest BCUT2D eigenvalue weighted by atomic mass is 19.4. The number of amides is 1. The first-order chi connectivity index (χ1) is 10.7. The zero-order valence-corrected chi connectivity index (χ0v) is 12.2. The fourth-order valence-electron chi connectivity index (χ4n) is 2.44. The average molecular weight is 331 g/mol. The minimum atomic E-state index is -4.53. The van der Waals surface area contributed by atoms with Crippen LogP contribution in [-0.2, 0) is 0 Å². The van der Waals surface area contributed by atoms with E-state index >= 15 is 0 Å². The topological polar surface area (TPSA) is 89.5 Å². The number of carbonyl (C=O) groups excluding carboxylic acids is 1. The van der Waals surface area contributed by atoms with Gasteiger partial charge in [-0.1, -0.05) is 6.42 Å². The van der Waals surface area contributed by atoms with Gasteiger partial charge in [-0.15, -0.1) is 0 Å². The van der Waals surface area contributed by atoms with E-state index in [9.17, 15) is 28.1 Å². The number of anilines is 1. The van der Waals surface area contributed by atoms with Crippen LogP contribution >= 0.6 is 0 Å². The van der Waals surface area contributed by atoms with E-state index in [1.807, 2.05) is 0 Å². The maximum Gasteiger partial charge on any atom is 0.406 e. The fourth-order valence-corrected chi connectivity index (χ4v) is 2.44. The molecule has 1 amide bonds. The summed E-state index contributed by atoms with van der Waals surface area (Å²) in [5.74, 6) is -0.831. The molecule has 0 unspecified atom stereocenters. The van der Waals surface area contributed by atoms with Crippen molar-refractivity contribution in [2.45, 2.75) is 25.4 Å². The Morgan fingerprint density at radius 3 is 2.52 bits per heavy atom. The van der Waals surface area contributed by atoms with Crippen LogP contribution in [0.25, 0.3) is 0 Å². The molecular weight excluding hydrogens is 315 g/mol. The lowest BCUT2D eigenvalue weighted by Gasteiger charge is -2.32. The zero-order valence-electron chi connectivity index (χ0n) is 12.2. The molecule has 0 bridgehead atoms. The Labute approximate surface area is 130 Å². The smallest absolute Gasteiger partial charge is 0.393 e. The molecule has 0 heterocycles. The predicted octanol–water partition coefficient (Wildman–Crippen LogP) is 2.98. The number of nitrogen functional groups attached to an aromatic ring is 1. The summed E-state index contributed by atoms with van der Waals surface area (Å²) in [6, 6.07) is 3.27. The van der Waals surface area contributed by atoms with Crippen LogP contribution in [0.1, 0.15) is 29.6 Å². The second-order valence-corrected chi connectivity index (χ2v) is 5.63. The molecule has 0 radical (unpaired) electrons. The second kappa shape index (κ2) is 6.43. The Hall–Kier alpha value is -2.32. The van der Waals surface area contributed by atoms with Crippen molar-refractivity contribution in [2.24, 2.45) is 5.92 Å². The van der Waals surface area contributed by atoms with Crippen LogP contribution in [0.15, 0.2) is 18.2 Å². The summed E-state index contributed by atoms with van der Waals surface area (Å²) in [5.41, 5.74) is 4.62. The van der Waals surface area contributed by atoms with Gasteiger partial charge in [0.25, 0.3) is 11.6 Å². The van der Waals surface area contributed by atoms with Crippen LogP contribution in [-0.4, -0.2) is 35.0 Å². The second-order valence-electron chi connectivity index (χ2n) is 5.63.